The average molecular weight is 313 g/mol. The van der Waals surface area contributed by atoms with Gasteiger partial charge in [-0.2, -0.15) is 0 Å². The number of hydrogen-bond acceptors (Lipinski definition) is 4. The summed E-state index contributed by atoms with van der Waals surface area (Å²) in [5.74, 6) is 2.54. The fourth-order valence-electron chi connectivity index (χ4n) is 2.97. The van der Waals surface area contributed by atoms with Crippen LogP contribution in [0.1, 0.15) is 18.9 Å². The van der Waals surface area contributed by atoms with Gasteiger partial charge in [-0.05, 0) is 43.0 Å². The zero-order chi connectivity index (χ0) is 15.4. The molecule has 1 aliphatic rings. The summed E-state index contributed by atoms with van der Waals surface area (Å²) in [5, 5.41) is 0.639. The van der Waals surface area contributed by atoms with Crippen LogP contribution in [0.4, 0.5) is 0 Å². The molecule has 0 radical (unpaired) electrons. The second-order valence-electron chi connectivity index (χ2n) is 5.77. The molecule has 2 atom stereocenters. The Morgan fingerprint density at radius 3 is 2.71 bits per heavy atom. The topological polar surface area (TPSA) is 47.7 Å². The van der Waals surface area contributed by atoms with E-state index in [1.807, 2.05) is 12.1 Å². The molecule has 0 aliphatic carbocycles. The van der Waals surface area contributed by atoms with Crippen molar-refractivity contribution in [2.45, 2.75) is 19.9 Å². The van der Waals surface area contributed by atoms with E-state index < -0.39 is 0 Å². The van der Waals surface area contributed by atoms with Gasteiger partial charge in [0.2, 0.25) is 0 Å². The van der Waals surface area contributed by atoms with Crippen LogP contribution in [0.15, 0.2) is 12.1 Å². The summed E-state index contributed by atoms with van der Waals surface area (Å²) in [5.41, 5.74) is 6.94. The third-order valence-electron chi connectivity index (χ3n) is 4.46. The Balaban J connectivity index is 2.13. The highest BCUT2D eigenvalue weighted by molar-refractivity contribution is 6.33. The van der Waals surface area contributed by atoms with E-state index in [1.165, 1.54) is 6.42 Å². The first-order chi connectivity index (χ1) is 10.1. The van der Waals surface area contributed by atoms with Gasteiger partial charge < -0.3 is 15.2 Å². The number of methoxy groups -OCH3 is 2. The summed E-state index contributed by atoms with van der Waals surface area (Å²) in [6.45, 7) is 5.97. The Bertz CT molecular complexity index is 482. The summed E-state index contributed by atoms with van der Waals surface area (Å²) in [6.07, 6.45) is 1.19. The van der Waals surface area contributed by atoms with E-state index >= 15 is 0 Å². The van der Waals surface area contributed by atoms with Crippen LogP contribution in [0, 0.1) is 11.8 Å². The van der Waals surface area contributed by atoms with E-state index in [0.717, 1.165) is 31.7 Å². The summed E-state index contributed by atoms with van der Waals surface area (Å²) >= 11 is 6.45. The molecule has 0 aromatic heterocycles. The standard InChI is InChI=1S/C16H25ClN2O2/c1-11-6-7-19(10-13(11)8-18)9-12-4-5-14(20-2)16(21-3)15(12)17/h4-5,11,13H,6-10,18H2,1-3H3. The lowest BCUT2D eigenvalue weighted by Crippen LogP contribution is -2.42. The molecule has 21 heavy (non-hydrogen) atoms. The van der Waals surface area contributed by atoms with Gasteiger partial charge in [0.15, 0.2) is 11.5 Å². The first-order valence-corrected chi connectivity index (χ1v) is 7.80. The van der Waals surface area contributed by atoms with Crippen molar-refractivity contribution in [2.24, 2.45) is 17.6 Å². The van der Waals surface area contributed by atoms with E-state index in [4.69, 9.17) is 26.8 Å². The molecule has 5 heteroatoms. The van der Waals surface area contributed by atoms with Crippen molar-refractivity contribution < 1.29 is 9.47 Å². The van der Waals surface area contributed by atoms with Crippen molar-refractivity contribution in [1.29, 1.82) is 0 Å². The fourth-order valence-corrected chi connectivity index (χ4v) is 3.26. The molecule has 0 saturated carbocycles. The van der Waals surface area contributed by atoms with E-state index in [9.17, 15) is 0 Å². The van der Waals surface area contributed by atoms with Crippen molar-refractivity contribution in [1.82, 2.24) is 4.90 Å². The van der Waals surface area contributed by atoms with Gasteiger partial charge in [0.05, 0.1) is 19.2 Å². The van der Waals surface area contributed by atoms with Gasteiger partial charge in [0.1, 0.15) is 0 Å². The molecule has 4 nitrogen and oxygen atoms in total. The predicted octanol–water partition coefficient (Wildman–Crippen LogP) is 2.77. The molecular formula is C16H25ClN2O2. The number of rotatable bonds is 5. The molecule has 118 valence electrons. The molecule has 2 unspecified atom stereocenters. The second kappa shape index (κ2) is 7.34. The van der Waals surface area contributed by atoms with Crippen molar-refractivity contribution in [3.63, 3.8) is 0 Å². The van der Waals surface area contributed by atoms with Crippen LogP contribution in [-0.2, 0) is 6.54 Å². The van der Waals surface area contributed by atoms with Crippen molar-refractivity contribution in [2.75, 3.05) is 33.9 Å². The number of benzene rings is 1. The summed E-state index contributed by atoms with van der Waals surface area (Å²) < 4.78 is 10.6. The van der Waals surface area contributed by atoms with Crippen molar-refractivity contribution in [3.8, 4) is 11.5 Å². The highest BCUT2D eigenvalue weighted by Crippen LogP contribution is 2.38. The number of nitrogens with zero attached hydrogens (tertiary/aromatic N) is 1. The average Bonchev–Trinajstić information content (AvgIpc) is 2.50. The molecular weight excluding hydrogens is 288 g/mol. The van der Waals surface area contributed by atoms with Crippen LogP contribution in [0.5, 0.6) is 11.5 Å². The maximum atomic E-state index is 6.45. The Morgan fingerprint density at radius 1 is 1.33 bits per heavy atom. The lowest BCUT2D eigenvalue weighted by Gasteiger charge is -2.36. The third-order valence-corrected chi connectivity index (χ3v) is 4.87. The van der Waals surface area contributed by atoms with Gasteiger partial charge in [-0.25, -0.2) is 0 Å². The molecule has 2 N–H and O–H groups in total. The van der Waals surface area contributed by atoms with Crippen LogP contribution in [-0.4, -0.2) is 38.8 Å². The molecule has 1 saturated heterocycles. The maximum Gasteiger partial charge on any atom is 0.179 e. The number of halogens is 1. The minimum atomic E-state index is 0.567. The van der Waals surface area contributed by atoms with Crippen LogP contribution < -0.4 is 15.2 Å². The van der Waals surface area contributed by atoms with Gasteiger partial charge in [-0.3, -0.25) is 4.90 Å². The SMILES string of the molecule is COc1ccc(CN2CCC(C)C(CN)C2)c(Cl)c1OC. The second-order valence-corrected chi connectivity index (χ2v) is 6.15. The Kier molecular flexibility index (Phi) is 5.73. The molecule has 1 aliphatic heterocycles. The molecule has 1 heterocycles. The van der Waals surface area contributed by atoms with E-state index in [0.29, 0.717) is 28.4 Å². The number of hydrogen-bond donors (Lipinski definition) is 1. The normalized spacial score (nSPS) is 23.1. The highest BCUT2D eigenvalue weighted by atomic mass is 35.5. The largest absolute Gasteiger partial charge is 0.493 e. The zero-order valence-corrected chi connectivity index (χ0v) is 13.8. The number of likely N-dealkylation sites (tertiary alicyclic amines) is 1. The molecule has 0 amide bonds. The quantitative estimate of drug-likeness (QED) is 0.908. The summed E-state index contributed by atoms with van der Waals surface area (Å²) in [7, 11) is 3.23. The van der Waals surface area contributed by atoms with E-state index in [-0.39, 0.29) is 0 Å². The first-order valence-electron chi connectivity index (χ1n) is 7.42. The van der Waals surface area contributed by atoms with Gasteiger partial charge >= 0.3 is 0 Å². The molecule has 0 bridgehead atoms. The van der Waals surface area contributed by atoms with Crippen LogP contribution in [0.2, 0.25) is 5.02 Å². The van der Waals surface area contributed by atoms with E-state index in [2.05, 4.69) is 11.8 Å². The maximum absolute atomic E-state index is 6.45. The lowest BCUT2D eigenvalue weighted by molar-refractivity contribution is 0.126. The minimum Gasteiger partial charge on any atom is -0.493 e. The van der Waals surface area contributed by atoms with Crippen LogP contribution >= 0.6 is 11.6 Å². The van der Waals surface area contributed by atoms with Gasteiger partial charge in [-0.15, -0.1) is 0 Å². The number of piperidine rings is 1. The fraction of sp³-hybridized carbons (Fsp3) is 0.625. The van der Waals surface area contributed by atoms with Crippen molar-refractivity contribution >= 4 is 11.6 Å². The summed E-state index contributed by atoms with van der Waals surface area (Å²) in [6, 6.07) is 3.92. The van der Waals surface area contributed by atoms with Crippen molar-refractivity contribution in [3.05, 3.63) is 22.7 Å². The lowest BCUT2D eigenvalue weighted by atomic mass is 9.87. The number of ether oxygens (including phenoxy) is 2. The van der Waals surface area contributed by atoms with Gasteiger partial charge in [-0.1, -0.05) is 24.6 Å². The van der Waals surface area contributed by atoms with E-state index in [1.54, 1.807) is 14.2 Å². The smallest absolute Gasteiger partial charge is 0.179 e. The highest BCUT2D eigenvalue weighted by Gasteiger charge is 2.26. The molecule has 2 rings (SSSR count). The molecule has 0 spiro atoms. The Hall–Kier alpha value is -0.970. The zero-order valence-electron chi connectivity index (χ0n) is 13.1. The molecule has 1 fully saturated rings. The van der Waals surface area contributed by atoms with Crippen LogP contribution in [0.25, 0.3) is 0 Å². The predicted molar refractivity (Wildman–Crippen MR) is 86.2 cm³/mol. The van der Waals surface area contributed by atoms with Crippen LogP contribution in [0.3, 0.4) is 0 Å². The van der Waals surface area contributed by atoms with Gasteiger partial charge in [0, 0.05) is 13.1 Å². The first kappa shape index (κ1) is 16.4. The third kappa shape index (κ3) is 3.62. The molecule has 1 aromatic carbocycles. The van der Waals surface area contributed by atoms with Gasteiger partial charge in [0.25, 0.3) is 0 Å². The minimum absolute atomic E-state index is 0.567. The number of nitrogens with two attached hydrogens (primary N) is 1. The Morgan fingerprint density at radius 2 is 2.10 bits per heavy atom. The Labute approximate surface area is 132 Å². The summed E-state index contributed by atoms with van der Waals surface area (Å²) in [4.78, 5) is 2.42. The molecule has 1 aromatic rings. The monoisotopic (exact) mass is 312 g/mol.